The molecule has 2 aromatic rings. The average molecular weight is 537 g/mol. The van der Waals surface area contributed by atoms with Crippen LogP contribution in [0.3, 0.4) is 0 Å². The molecule has 1 N–H and O–H groups in total. The summed E-state index contributed by atoms with van der Waals surface area (Å²) in [5.41, 5.74) is 1.17. The van der Waals surface area contributed by atoms with E-state index in [-0.39, 0.29) is 11.3 Å². The van der Waals surface area contributed by atoms with Gasteiger partial charge in [0.15, 0.2) is 11.5 Å². The number of aliphatic hydroxyl groups is 1. The molecule has 3 aliphatic rings. The number of Topliss-reactive ketones (excluding diaryl/α,β-unsaturated/α-hetero) is 1. The molecule has 0 spiro atoms. The number of fused-ring (bicyclic) bond motifs is 1. The molecule has 0 unspecified atom stereocenters. The highest BCUT2D eigenvalue weighted by Crippen LogP contribution is 2.41. The van der Waals surface area contributed by atoms with E-state index < -0.39 is 17.7 Å². The van der Waals surface area contributed by atoms with Crippen molar-refractivity contribution in [2.45, 2.75) is 32.2 Å². The predicted octanol–water partition coefficient (Wildman–Crippen LogP) is 3.78. The first-order chi connectivity index (χ1) is 19.1. The van der Waals surface area contributed by atoms with Crippen LogP contribution < -0.4 is 14.2 Å². The van der Waals surface area contributed by atoms with Crippen LogP contribution in [0.4, 0.5) is 0 Å². The van der Waals surface area contributed by atoms with E-state index in [0.29, 0.717) is 74.4 Å². The van der Waals surface area contributed by atoms with Crippen LogP contribution >= 0.6 is 0 Å². The van der Waals surface area contributed by atoms with Crippen molar-refractivity contribution in [2.75, 3.05) is 59.2 Å². The van der Waals surface area contributed by atoms with Gasteiger partial charge in [-0.3, -0.25) is 14.5 Å². The molecular formula is C30H36N2O7. The summed E-state index contributed by atoms with van der Waals surface area (Å²) < 4.78 is 22.6. The molecule has 0 bridgehead atoms. The lowest BCUT2D eigenvalue weighted by Gasteiger charge is -2.29. The molecule has 3 heterocycles. The topological polar surface area (TPSA) is 97.8 Å². The van der Waals surface area contributed by atoms with E-state index >= 15 is 0 Å². The molecule has 0 aliphatic carbocycles. The second-order valence-electron chi connectivity index (χ2n) is 9.93. The summed E-state index contributed by atoms with van der Waals surface area (Å²) in [7, 11) is 0. The predicted molar refractivity (Wildman–Crippen MR) is 145 cm³/mol. The van der Waals surface area contributed by atoms with Gasteiger partial charge in [0, 0.05) is 31.7 Å². The van der Waals surface area contributed by atoms with Gasteiger partial charge in [0.05, 0.1) is 31.4 Å². The van der Waals surface area contributed by atoms with Gasteiger partial charge in [-0.25, -0.2) is 0 Å². The standard InChI is InChI=1S/C30H36N2O7/c1-2-3-14-37-23-7-4-6-21(19-23)27-26(28(33)22-8-9-24-25(20-22)39-18-17-38-24)29(34)30(35)32(27)11-5-10-31-12-15-36-16-13-31/h4,6-9,19-20,27,33H,2-3,5,10-18H2,1H3/b28-26+/t27-/m0/s1. The summed E-state index contributed by atoms with van der Waals surface area (Å²) in [6.45, 7) is 7.80. The molecule has 1 amide bonds. The van der Waals surface area contributed by atoms with Gasteiger partial charge >= 0.3 is 0 Å². The van der Waals surface area contributed by atoms with Crippen LogP contribution in [0.5, 0.6) is 17.2 Å². The minimum absolute atomic E-state index is 0.0637. The molecule has 208 valence electrons. The highest BCUT2D eigenvalue weighted by atomic mass is 16.6. The maximum atomic E-state index is 13.4. The maximum Gasteiger partial charge on any atom is 0.295 e. The number of likely N-dealkylation sites (tertiary alicyclic amines) is 1. The smallest absolute Gasteiger partial charge is 0.295 e. The van der Waals surface area contributed by atoms with Crippen molar-refractivity contribution < 1.29 is 33.6 Å². The molecule has 0 radical (unpaired) electrons. The van der Waals surface area contributed by atoms with Crippen molar-refractivity contribution in [2.24, 2.45) is 0 Å². The fraction of sp³-hybridized carbons (Fsp3) is 0.467. The van der Waals surface area contributed by atoms with Crippen LogP contribution in [0.15, 0.2) is 48.0 Å². The second kappa shape index (κ2) is 12.5. The zero-order chi connectivity index (χ0) is 27.2. The van der Waals surface area contributed by atoms with Gasteiger partial charge in [0.25, 0.3) is 11.7 Å². The Kier molecular flexibility index (Phi) is 8.68. The normalized spacial score (nSPS) is 20.8. The van der Waals surface area contributed by atoms with Crippen LogP contribution in [-0.4, -0.2) is 85.8 Å². The molecule has 0 saturated carbocycles. The lowest BCUT2D eigenvalue weighted by molar-refractivity contribution is -0.140. The third kappa shape index (κ3) is 6.04. The summed E-state index contributed by atoms with van der Waals surface area (Å²) in [6.07, 6.45) is 2.63. The lowest BCUT2D eigenvalue weighted by atomic mass is 9.95. The number of hydrogen-bond donors (Lipinski definition) is 1. The van der Waals surface area contributed by atoms with Gasteiger partial charge in [-0.05, 0) is 48.7 Å². The number of carbonyl (C=O) groups is 2. The zero-order valence-electron chi connectivity index (χ0n) is 22.4. The van der Waals surface area contributed by atoms with E-state index in [2.05, 4.69) is 11.8 Å². The van der Waals surface area contributed by atoms with Gasteiger partial charge in [0.1, 0.15) is 24.7 Å². The molecule has 9 nitrogen and oxygen atoms in total. The molecule has 0 aromatic heterocycles. The lowest BCUT2D eigenvalue weighted by Crippen LogP contribution is -2.38. The maximum absolute atomic E-state index is 13.4. The van der Waals surface area contributed by atoms with Crippen molar-refractivity contribution in [3.05, 3.63) is 59.2 Å². The fourth-order valence-corrected chi connectivity index (χ4v) is 5.20. The first kappa shape index (κ1) is 27.0. The molecule has 2 fully saturated rings. The number of carbonyl (C=O) groups excluding carboxylic acids is 2. The van der Waals surface area contributed by atoms with Crippen LogP contribution in [0.1, 0.15) is 43.4 Å². The van der Waals surface area contributed by atoms with Crippen molar-refractivity contribution >= 4 is 17.4 Å². The Bertz CT molecular complexity index is 1220. The number of hydrogen-bond acceptors (Lipinski definition) is 8. The Balaban J connectivity index is 1.48. The van der Waals surface area contributed by atoms with E-state index in [1.54, 1.807) is 23.1 Å². The molecule has 2 aromatic carbocycles. The number of amides is 1. The van der Waals surface area contributed by atoms with E-state index in [9.17, 15) is 14.7 Å². The summed E-state index contributed by atoms with van der Waals surface area (Å²) >= 11 is 0. The largest absolute Gasteiger partial charge is 0.507 e. The van der Waals surface area contributed by atoms with Crippen LogP contribution in [-0.2, 0) is 14.3 Å². The number of nitrogens with zero attached hydrogens (tertiary/aromatic N) is 2. The van der Waals surface area contributed by atoms with Crippen molar-refractivity contribution in [3.63, 3.8) is 0 Å². The molecule has 3 aliphatic heterocycles. The molecule has 1 atom stereocenters. The third-order valence-electron chi connectivity index (χ3n) is 7.27. The Morgan fingerprint density at radius 3 is 2.56 bits per heavy atom. The van der Waals surface area contributed by atoms with Gasteiger partial charge in [-0.1, -0.05) is 25.5 Å². The molecule has 5 rings (SSSR count). The van der Waals surface area contributed by atoms with E-state index in [1.807, 2.05) is 24.3 Å². The number of benzene rings is 2. The molecule has 2 saturated heterocycles. The number of ketones is 1. The van der Waals surface area contributed by atoms with Crippen LogP contribution in [0.2, 0.25) is 0 Å². The quantitative estimate of drug-likeness (QED) is 0.212. The fourth-order valence-electron chi connectivity index (χ4n) is 5.20. The Morgan fingerprint density at radius 2 is 1.77 bits per heavy atom. The summed E-state index contributed by atoms with van der Waals surface area (Å²) in [5.74, 6) is 0.194. The first-order valence-corrected chi connectivity index (χ1v) is 13.8. The molecule has 39 heavy (non-hydrogen) atoms. The van der Waals surface area contributed by atoms with E-state index in [4.69, 9.17) is 18.9 Å². The van der Waals surface area contributed by atoms with Crippen molar-refractivity contribution in [3.8, 4) is 17.2 Å². The van der Waals surface area contributed by atoms with Crippen LogP contribution in [0, 0.1) is 0 Å². The Morgan fingerprint density at radius 1 is 0.974 bits per heavy atom. The van der Waals surface area contributed by atoms with Gasteiger partial charge in [0.2, 0.25) is 0 Å². The summed E-state index contributed by atoms with van der Waals surface area (Å²) in [6, 6.07) is 11.7. The molecule has 9 heteroatoms. The van der Waals surface area contributed by atoms with Gasteiger partial charge in [-0.2, -0.15) is 0 Å². The van der Waals surface area contributed by atoms with Gasteiger partial charge in [-0.15, -0.1) is 0 Å². The number of unbranched alkanes of at least 4 members (excludes halogenated alkanes) is 1. The number of morpholine rings is 1. The van der Waals surface area contributed by atoms with E-state index in [0.717, 1.165) is 32.5 Å². The first-order valence-electron chi connectivity index (χ1n) is 13.8. The highest BCUT2D eigenvalue weighted by molar-refractivity contribution is 6.46. The zero-order valence-corrected chi connectivity index (χ0v) is 22.4. The SMILES string of the molecule is CCCCOc1cccc([C@H]2/C(=C(\O)c3ccc4c(c3)OCCO4)C(=O)C(=O)N2CCCN2CCOCC2)c1. The Labute approximate surface area is 228 Å². The molecular weight excluding hydrogens is 500 g/mol. The minimum Gasteiger partial charge on any atom is -0.507 e. The van der Waals surface area contributed by atoms with Crippen molar-refractivity contribution in [1.29, 1.82) is 0 Å². The third-order valence-corrected chi connectivity index (χ3v) is 7.27. The van der Waals surface area contributed by atoms with Gasteiger partial charge < -0.3 is 29.0 Å². The Hall–Kier alpha value is -3.56. The summed E-state index contributed by atoms with van der Waals surface area (Å²) in [4.78, 5) is 30.7. The highest BCUT2D eigenvalue weighted by Gasteiger charge is 2.46. The van der Waals surface area contributed by atoms with E-state index in [1.165, 1.54) is 0 Å². The monoisotopic (exact) mass is 536 g/mol. The number of aliphatic hydroxyl groups excluding tert-OH is 1. The van der Waals surface area contributed by atoms with Crippen LogP contribution in [0.25, 0.3) is 5.76 Å². The second-order valence-corrected chi connectivity index (χ2v) is 9.93. The summed E-state index contributed by atoms with van der Waals surface area (Å²) in [5, 5.41) is 11.5. The minimum atomic E-state index is -0.738. The van der Waals surface area contributed by atoms with Crippen molar-refractivity contribution in [1.82, 2.24) is 9.80 Å². The average Bonchev–Trinajstić information content (AvgIpc) is 3.22. The number of ether oxygens (including phenoxy) is 4. The number of rotatable bonds is 10.